The number of hydrogen-bond donors (Lipinski definition) is 1. The maximum atomic E-state index is 13.3. The minimum Gasteiger partial charge on any atom is -0.384 e. The van der Waals surface area contributed by atoms with Crippen LogP contribution >= 0.6 is 23.2 Å². The fraction of sp³-hybridized carbons (Fsp3) is 0.273. The van der Waals surface area contributed by atoms with E-state index in [4.69, 9.17) is 23.2 Å². The molecule has 0 aliphatic rings. The van der Waals surface area contributed by atoms with E-state index in [2.05, 4.69) is 20.2 Å². The van der Waals surface area contributed by atoms with Crippen molar-refractivity contribution < 1.29 is 9.50 Å². The molecule has 1 N–H and O–H groups in total. The van der Waals surface area contributed by atoms with Crippen molar-refractivity contribution in [2.75, 3.05) is 0 Å². The lowest BCUT2D eigenvalue weighted by atomic mass is 10.1. The molecule has 0 spiro atoms. The van der Waals surface area contributed by atoms with Gasteiger partial charge in [-0.1, -0.05) is 23.2 Å². The smallest absolute Gasteiger partial charge is 0.157 e. The zero-order valence-electron chi connectivity index (χ0n) is 17.9. The molecular weight excluding hydrogens is 454 g/mol. The van der Waals surface area contributed by atoms with Crippen molar-refractivity contribution in [1.29, 1.82) is 0 Å². The van der Waals surface area contributed by atoms with E-state index in [1.807, 2.05) is 0 Å². The number of aryl methyl sites for hydroxylation is 2. The van der Waals surface area contributed by atoms with Crippen molar-refractivity contribution in [2.45, 2.75) is 32.8 Å². The van der Waals surface area contributed by atoms with E-state index in [0.29, 0.717) is 50.8 Å². The molecule has 7 nitrogen and oxygen atoms in total. The molecule has 0 bridgehead atoms. The molecule has 166 valence electrons. The fourth-order valence-corrected chi connectivity index (χ4v) is 4.24. The molecule has 10 heteroatoms. The first-order valence-electron chi connectivity index (χ1n) is 9.83. The highest BCUT2D eigenvalue weighted by Gasteiger charge is 2.28. The zero-order chi connectivity index (χ0) is 23.2. The van der Waals surface area contributed by atoms with Crippen molar-refractivity contribution in [3.8, 4) is 17.1 Å². The molecule has 0 aliphatic heterocycles. The summed E-state index contributed by atoms with van der Waals surface area (Å²) >= 11 is 13.0. The standard InChI is InChI=1S/C22H21Cl2FN6O/c1-12-18(23)21(22(2,3)32)31(28-12)17-10-15(26-11-27-17)9-16-19(24)20(30(4)29-16)13-5-7-14(25)8-6-13/h5-8,10-11,32H,9H2,1-4H3. The molecule has 0 radical (unpaired) electrons. The van der Waals surface area contributed by atoms with Crippen molar-refractivity contribution >= 4 is 23.2 Å². The Morgan fingerprint density at radius 2 is 1.75 bits per heavy atom. The van der Waals surface area contributed by atoms with E-state index < -0.39 is 5.60 Å². The van der Waals surface area contributed by atoms with E-state index in [-0.39, 0.29) is 5.82 Å². The second kappa shape index (κ2) is 8.27. The van der Waals surface area contributed by atoms with Crippen LogP contribution in [0.2, 0.25) is 10.0 Å². The second-order valence-electron chi connectivity index (χ2n) is 8.00. The van der Waals surface area contributed by atoms with Gasteiger partial charge in [-0.05, 0) is 45.0 Å². The molecule has 32 heavy (non-hydrogen) atoms. The Labute approximate surface area is 194 Å². The number of hydrogen-bond acceptors (Lipinski definition) is 5. The van der Waals surface area contributed by atoms with Gasteiger partial charge in [0, 0.05) is 25.1 Å². The molecule has 3 heterocycles. The number of aliphatic hydroxyl groups is 1. The van der Waals surface area contributed by atoms with Crippen molar-refractivity contribution in [2.24, 2.45) is 7.05 Å². The third-order valence-electron chi connectivity index (χ3n) is 5.01. The summed E-state index contributed by atoms with van der Waals surface area (Å²) in [5.41, 5.74) is 2.53. The average molecular weight is 475 g/mol. The van der Waals surface area contributed by atoms with E-state index >= 15 is 0 Å². The highest BCUT2D eigenvalue weighted by atomic mass is 35.5. The fourth-order valence-electron chi connectivity index (χ4n) is 3.56. The first kappa shape index (κ1) is 22.4. The van der Waals surface area contributed by atoms with Crippen LogP contribution < -0.4 is 0 Å². The van der Waals surface area contributed by atoms with Crippen LogP contribution in [0.25, 0.3) is 17.1 Å². The van der Waals surface area contributed by atoms with Gasteiger partial charge in [0.15, 0.2) is 5.82 Å². The summed E-state index contributed by atoms with van der Waals surface area (Å²) in [7, 11) is 1.78. The Morgan fingerprint density at radius 1 is 1.06 bits per heavy atom. The van der Waals surface area contributed by atoms with Crippen LogP contribution in [0.3, 0.4) is 0 Å². The summed E-state index contributed by atoms with van der Waals surface area (Å²) in [5.74, 6) is 0.146. The lowest BCUT2D eigenvalue weighted by Gasteiger charge is -2.19. The number of rotatable bonds is 5. The van der Waals surface area contributed by atoms with Crippen LogP contribution in [0, 0.1) is 12.7 Å². The molecular formula is C22H21Cl2FN6O. The maximum absolute atomic E-state index is 13.3. The summed E-state index contributed by atoms with van der Waals surface area (Å²) in [5, 5.41) is 20.4. The van der Waals surface area contributed by atoms with Crippen LogP contribution in [-0.2, 0) is 19.1 Å². The molecule has 4 aromatic rings. The van der Waals surface area contributed by atoms with E-state index in [9.17, 15) is 9.50 Å². The van der Waals surface area contributed by atoms with Crippen molar-refractivity contribution in [3.63, 3.8) is 0 Å². The molecule has 0 aliphatic carbocycles. The predicted molar refractivity (Wildman–Crippen MR) is 121 cm³/mol. The van der Waals surface area contributed by atoms with Crippen LogP contribution in [0.4, 0.5) is 4.39 Å². The molecule has 0 fully saturated rings. The number of aromatic nitrogens is 6. The average Bonchev–Trinajstić information content (AvgIpc) is 3.18. The Hall–Kier alpha value is -2.81. The predicted octanol–water partition coefficient (Wildman–Crippen LogP) is 4.64. The zero-order valence-corrected chi connectivity index (χ0v) is 19.4. The van der Waals surface area contributed by atoms with Gasteiger partial charge in [-0.25, -0.2) is 19.0 Å². The van der Waals surface area contributed by atoms with Gasteiger partial charge >= 0.3 is 0 Å². The molecule has 4 rings (SSSR count). The first-order chi connectivity index (χ1) is 15.1. The van der Waals surface area contributed by atoms with Gasteiger partial charge in [-0.15, -0.1) is 0 Å². The first-order valence-corrected chi connectivity index (χ1v) is 10.6. The van der Waals surface area contributed by atoms with Crippen LogP contribution in [-0.4, -0.2) is 34.6 Å². The van der Waals surface area contributed by atoms with Crippen LogP contribution in [0.1, 0.15) is 36.6 Å². The van der Waals surface area contributed by atoms with Gasteiger partial charge in [-0.2, -0.15) is 10.2 Å². The van der Waals surface area contributed by atoms with Gasteiger partial charge in [0.25, 0.3) is 0 Å². The van der Waals surface area contributed by atoms with Crippen molar-refractivity contribution in [3.05, 3.63) is 75.3 Å². The highest BCUT2D eigenvalue weighted by Crippen LogP contribution is 2.33. The molecule has 0 amide bonds. The maximum Gasteiger partial charge on any atom is 0.157 e. The summed E-state index contributed by atoms with van der Waals surface area (Å²) in [6.45, 7) is 5.04. The minimum atomic E-state index is -1.22. The normalized spacial score (nSPS) is 11.9. The SMILES string of the molecule is Cc1nn(-c2cc(Cc3nn(C)c(-c4ccc(F)cc4)c3Cl)ncn2)c(C(C)(C)O)c1Cl. The Bertz CT molecular complexity index is 1290. The van der Waals surface area contributed by atoms with Crippen LogP contribution in [0.5, 0.6) is 0 Å². The monoisotopic (exact) mass is 474 g/mol. The molecule has 0 saturated heterocycles. The van der Waals surface area contributed by atoms with Gasteiger partial charge in [-0.3, -0.25) is 4.68 Å². The number of benzene rings is 1. The summed E-state index contributed by atoms with van der Waals surface area (Å²) in [4.78, 5) is 8.65. The number of halogens is 3. The molecule has 0 saturated carbocycles. The Kier molecular flexibility index (Phi) is 5.79. The summed E-state index contributed by atoms with van der Waals surface area (Å²) < 4.78 is 16.5. The summed E-state index contributed by atoms with van der Waals surface area (Å²) in [6, 6.07) is 7.83. The quantitative estimate of drug-likeness (QED) is 0.455. The Balaban J connectivity index is 1.71. The van der Waals surface area contributed by atoms with E-state index in [1.54, 1.807) is 50.7 Å². The largest absolute Gasteiger partial charge is 0.384 e. The second-order valence-corrected chi connectivity index (χ2v) is 8.76. The van der Waals surface area contributed by atoms with Gasteiger partial charge in [0.2, 0.25) is 0 Å². The van der Waals surface area contributed by atoms with Gasteiger partial charge < -0.3 is 5.11 Å². The topological polar surface area (TPSA) is 81.7 Å². The third kappa shape index (κ3) is 4.13. The lowest BCUT2D eigenvalue weighted by molar-refractivity contribution is 0.0711. The highest BCUT2D eigenvalue weighted by molar-refractivity contribution is 6.33. The lowest BCUT2D eigenvalue weighted by Crippen LogP contribution is -2.22. The van der Waals surface area contributed by atoms with E-state index in [1.165, 1.54) is 23.1 Å². The van der Waals surface area contributed by atoms with Crippen LogP contribution in [0.15, 0.2) is 36.7 Å². The Morgan fingerprint density at radius 3 is 2.41 bits per heavy atom. The number of nitrogens with zero attached hydrogens (tertiary/aromatic N) is 6. The summed E-state index contributed by atoms with van der Waals surface area (Å²) in [6.07, 6.45) is 1.76. The third-order valence-corrected chi connectivity index (χ3v) is 5.86. The molecule has 0 unspecified atom stereocenters. The minimum absolute atomic E-state index is 0.319. The van der Waals surface area contributed by atoms with E-state index in [0.717, 1.165) is 5.56 Å². The molecule has 1 aromatic carbocycles. The molecule has 0 atom stereocenters. The molecule has 3 aromatic heterocycles. The van der Waals surface area contributed by atoms with Gasteiger partial charge in [0.1, 0.15) is 17.7 Å². The van der Waals surface area contributed by atoms with Crippen molar-refractivity contribution in [1.82, 2.24) is 29.5 Å². The van der Waals surface area contributed by atoms with Gasteiger partial charge in [0.05, 0.1) is 38.5 Å².